The summed E-state index contributed by atoms with van der Waals surface area (Å²) in [6.07, 6.45) is 0.0479. The third kappa shape index (κ3) is 3.86. The van der Waals surface area contributed by atoms with Gasteiger partial charge in [-0.2, -0.15) is 5.26 Å². The molecular formula is C16H12F2N2O. The molecule has 0 spiro atoms. The predicted molar refractivity (Wildman–Crippen MR) is 74.5 cm³/mol. The number of carbonyl (C=O) groups is 1. The molecule has 2 aromatic carbocycles. The molecule has 5 heteroatoms. The number of amides is 1. The Balaban J connectivity index is 2.01. The second-order valence-corrected chi connectivity index (χ2v) is 4.47. The predicted octanol–water partition coefficient (Wildman–Crippen LogP) is 3.21. The number of carbonyl (C=O) groups excluding carboxylic acids is 1. The summed E-state index contributed by atoms with van der Waals surface area (Å²) in [5, 5.41) is 11.2. The van der Waals surface area contributed by atoms with Crippen molar-refractivity contribution in [2.75, 3.05) is 5.32 Å². The maximum absolute atomic E-state index is 13.5. The third-order valence-electron chi connectivity index (χ3n) is 2.90. The maximum atomic E-state index is 13.5. The molecule has 2 aromatic rings. The lowest BCUT2D eigenvalue weighted by molar-refractivity contribution is -0.115. The monoisotopic (exact) mass is 286 g/mol. The van der Waals surface area contributed by atoms with E-state index in [0.717, 1.165) is 11.6 Å². The lowest BCUT2D eigenvalue weighted by atomic mass is 10.1. The minimum absolute atomic E-state index is 0.00796. The van der Waals surface area contributed by atoms with Crippen molar-refractivity contribution in [3.05, 3.63) is 65.2 Å². The van der Waals surface area contributed by atoms with Crippen molar-refractivity contribution in [3.63, 3.8) is 0 Å². The van der Waals surface area contributed by atoms with Gasteiger partial charge in [0, 0.05) is 11.3 Å². The first kappa shape index (κ1) is 14.7. The van der Waals surface area contributed by atoms with Crippen molar-refractivity contribution >= 4 is 11.6 Å². The molecule has 3 nitrogen and oxygen atoms in total. The summed E-state index contributed by atoms with van der Waals surface area (Å²) >= 11 is 0. The summed E-state index contributed by atoms with van der Waals surface area (Å²) in [6.45, 7) is 0. The highest BCUT2D eigenvalue weighted by Crippen LogP contribution is 2.14. The minimum atomic E-state index is -1.00. The van der Waals surface area contributed by atoms with Gasteiger partial charge >= 0.3 is 0 Å². The molecule has 0 aromatic heterocycles. The molecule has 0 aliphatic heterocycles. The summed E-state index contributed by atoms with van der Waals surface area (Å²) < 4.78 is 26.5. The van der Waals surface area contributed by atoms with Crippen molar-refractivity contribution in [3.8, 4) is 6.07 Å². The van der Waals surface area contributed by atoms with Crippen LogP contribution in [0.2, 0.25) is 0 Å². The van der Waals surface area contributed by atoms with Gasteiger partial charge in [-0.05, 0) is 23.8 Å². The molecule has 1 N–H and O–H groups in total. The van der Waals surface area contributed by atoms with E-state index in [4.69, 9.17) is 5.26 Å². The summed E-state index contributed by atoms with van der Waals surface area (Å²) in [7, 11) is 0. The highest BCUT2D eigenvalue weighted by atomic mass is 19.2. The second-order valence-electron chi connectivity index (χ2n) is 4.47. The number of hydrogen-bond acceptors (Lipinski definition) is 2. The lowest BCUT2D eigenvalue weighted by Gasteiger charge is -2.07. The van der Waals surface area contributed by atoms with Crippen molar-refractivity contribution in [1.82, 2.24) is 0 Å². The van der Waals surface area contributed by atoms with Gasteiger partial charge in [-0.3, -0.25) is 4.79 Å². The van der Waals surface area contributed by atoms with Gasteiger partial charge in [-0.25, -0.2) is 8.78 Å². The van der Waals surface area contributed by atoms with E-state index in [9.17, 15) is 13.6 Å². The van der Waals surface area contributed by atoms with Crippen molar-refractivity contribution in [2.24, 2.45) is 0 Å². The highest BCUT2D eigenvalue weighted by molar-refractivity contribution is 5.92. The van der Waals surface area contributed by atoms with Crippen LogP contribution < -0.4 is 5.32 Å². The van der Waals surface area contributed by atoms with Crippen LogP contribution in [-0.4, -0.2) is 5.91 Å². The van der Waals surface area contributed by atoms with E-state index < -0.39 is 17.5 Å². The zero-order valence-electron chi connectivity index (χ0n) is 11.1. The second kappa shape index (κ2) is 6.62. The lowest BCUT2D eigenvalue weighted by Crippen LogP contribution is -2.15. The smallest absolute Gasteiger partial charge is 0.228 e. The first-order valence-electron chi connectivity index (χ1n) is 6.29. The maximum Gasteiger partial charge on any atom is 0.228 e. The quantitative estimate of drug-likeness (QED) is 0.938. The largest absolute Gasteiger partial charge is 0.326 e. The van der Waals surface area contributed by atoms with Crippen molar-refractivity contribution in [1.29, 1.82) is 5.26 Å². The average Bonchev–Trinajstić information content (AvgIpc) is 2.46. The van der Waals surface area contributed by atoms with Crippen LogP contribution in [-0.2, 0) is 17.6 Å². The summed E-state index contributed by atoms with van der Waals surface area (Å²) in [4.78, 5) is 11.8. The van der Waals surface area contributed by atoms with Crippen molar-refractivity contribution < 1.29 is 13.6 Å². The van der Waals surface area contributed by atoms with Gasteiger partial charge in [0.2, 0.25) is 5.91 Å². The van der Waals surface area contributed by atoms with Gasteiger partial charge in [0.15, 0.2) is 11.6 Å². The molecule has 0 heterocycles. The molecule has 1 amide bonds. The number of nitriles is 1. The van der Waals surface area contributed by atoms with Crippen LogP contribution in [0.3, 0.4) is 0 Å². The Morgan fingerprint density at radius 3 is 2.52 bits per heavy atom. The molecule has 21 heavy (non-hydrogen) atoms. The number of nitrogens with zero attached hydrogens (tertiary/aromatic N) is 1. The van der Waals surface area contributed by atoms with Gasteiger partial charge in [0.05, 0.1) is 18.9 Å². The fraction of sp³-hybridized carbons (Fsp3) is 0.125. The van der Waals surface area contributed by atoms with Crippen LogP contribution in [0.5, 0.6) is 0 Å². The van der Waals surface area contributed by atoms with E-state index in [-0.39, 0.29) is 12.0 Å². The van der Waals surface area contributed by atoms with Crippen LogP contribution in [0.4, 0.5) is 14.5 Å². The molecule has 0 radical (unpaired) electrons. The summed E-state index contributed by atoms with van der Waals surface area (Å²) in [5.41, 5.74) is 1.39. The van der Waals surface area contributed by atoms with E-state index in [2.05, 4.69) is 5.32 Å². The summed E-state index contributed by atoms with van der Waals surface area (Å²) in [6, 6.07) is 12.5. The van der Waals surface area contributed by atoms with Crippen LogP contribution in [0.25, 0.3) is 0 Å². The molecule has 0 saturated heterocycles. The Kier molecular flexibility index (Phi) is 4.62. The molecule has 0 bridgehead atoms. The number of benzene rings is 2. The zero-order valence-corrected chi connectivity index (χ0v) is 11.1. The molecule has 0 aliphatic carbocycles. The Morgan fingerprint density at radius 2 is 1.86 bits per heavy atom. The van der Waals surface area contributed by atoms with Crippen LogP contribution in [0.15, 0.2) is 42.5 Å². The first-order chi connectivity index (χ1) is 10.1. The number of nitrogens with one attached hydrogen (secondary N) is 1. The van der Waals surface area contributed by atoms with E-state index in [1.807, 2.05) is 6.07 Å². The molecule has 0 unspecified atom stereocenters. The number of anilines is 1. The normalized spacial score (nSPS) is 9.95. The van der Waals surface area contributed by atoms with Gasteiger partial charge in [0.25, 0.3) is 0 Å². The fourth-order valence-electron chi connectivity index (χ4n) is 1.86. The number of halogens is 2. The van der Waals surface area contributed by atoms with Crippen LogP contribution in [0, 0.1) is 23.0 Å². The Morgan fingerprint density at radius 1 is 1.14 bits per heavy atom. The van der Waals surface area contributed by atoms with E-state index in [1.165, 1.54) is 12.1 Å². The summed E-state index contributed by atoms with van der Waals surface area (Å²) in [5.74, 6) is -2.41. The first-order valence-corrected chi connectivity index (χ1v) is 6.29. The van der Waals surface area contributed by atoms with Crippen LogP contribution in [0.1, 0.15) is 11.1 Å². The van der Waals surface area contributed by atoms with Gasteiger partial charge in [-0.15, -0.1) is 0 Å². The van der Waals surface area contributed by atoms with Gasteiger partial charge in [0.1, 0.15) is 0 Å². The molecular weight excluding hydrogens is 274 g/mol. The topological polar surface area (TPSA) is 52.9 Å². The molecule has 0 saturated carbocycles. The SMILES string of the molecule is N#CCc1ccc(NC(=O)Cc2cccc(F)c2F)cc1. The average molecular weight is 286 g/mol. The molecule has 106 valence electrons. The minimum Gasteiger partial charge on any atom is -0.326 e. The standard InChI is InChI=1S/C16H12F2N2O/c17-14-3-1-2-12(16(14)18)10-15(21)20-13-6-4-11(5-7-13)8-9-19/h1-7H,8,10H2,(H,20,21). The molecule has 0 aliphatic rings. The molecule has 0 fully saturated rings. The van der Waals surface area contributed by atoms with E-state index in [0.29, 0.717) is 12.1 Å². The Bertz CT molecular complexity index is 690. The molecule has 2 rings (SSSR count). The zero-order chi connectivity index (χ0) is 15.2. The van der Waals surface area contributed by atoms with Gasteiger partial charge < -0.3 is 5.32 Å². The van der Waals surface area contributed by atoms with Gasteiger partial charge in [-0.1, -0.05) is 24.3 Å². The number of rotatable bonds is 4. The highest BCUT2D eigenvalue weighted by Gasteiger charge is 2.11. The Hall–Kier alpha value is -2.74. The van der Waals surface area contributed by atoms with Crippen molar-refractivity contribution in [2.45, 2.75) is 12.8 Å². The third-order valence-corrected chi connectivity index (χ3v) is 2.90. The van der Waals surface area contributed by atoms with E-state index in [1.54, 1.807) is 24.3 Å². The fourth-order valence-corrected chi connectivity index (χ4v) is 1.86. The van der Waals surface area contributed by atoms with Crippen LogP contribution >= 0.6 is 0 Å². The van der Waals surface area contributed by atoms with E-state index >= 15 is 0 Å². The molecule has 0 atom stereocenters. The Labute approximate surface area is 120 Å². The number of hydrogen-bond donors (Lipinski definition) is 1.